The standard InChI is InChI=1S/C28H31F6NO2S/c1-14-13-20-26(3,12-10-21(36)38-20)16-9-11-25(2)15(22(14)16)7-8-18(25)24(37)35-19-6-4-5-17(27(29,30)31)23(19)28(32,33)34/h4-6,10,12,14-16,18,20,22H,7-9,11,13H2,1-3H3,(H,35,37)/t14?,15-,16+,18?,20?,22-,25-,26+/m0/s1. The Labute approximate surface area is 222 Å². The van der Waals surface area contributed by atoms with E-state index in [1.807, 2.05) is 6.92 Å². The van der Waals surface area contributed by atoms with Gasteiger partial charge in [0.05, 0.1) is 16.8 Å². The zero-order valence-electron chi connectivity index (χ0n) is 21.4. The van der Waals surface area contributed by atoms with Gasteiger partial charge in [-0.2, -0.15) is 26.3 Å². The van der Waals surface area contributed by atoms with E-state index in [1.165, 1.54) is 11.8 Å². The lowest BCUT2D eigenvalue weighted by molar-refractivity contribution is -0.161. The second kappa shape index (κ2) is 9.03. The lowest BCUT2D eigenvalue weighted by Gasteiger charge is -2.60. The van der Waals surface area contributed by atoms with Crippen LogP contribution in [0.15, 0.2) is 30.4 Å². The fourth-order valence-corrected chi connectivity index (χ4v) is 9.72. The number of nitrogens with one attached hydrogen (secondary N) is 1. The summed E-state index contributed by atoms with van der Waals surface area (Å²) in [6.07, 6.45) is -3.14. The van der Waals surface area contributed by atoms with Crippen LogP contribution >= 0.6 is 11.8 Å². The van der Waals surface area contributed by atoms with Crippen LogP contribution in [0.2, 0.25) is 0 Å². The minimum atomic E-state index is -5.29. The number of carbonyl (C=O) groups is 2. The molecule has 1 aromatic carbocycles. The van der Waals surface area contributed by atoms with E-state index >= 15 is 0 Å². The van der Waals surface area contributed by atoms with Crippen LogP contribution in [0.3, 0.4) is 0 Å². The van der Waals surface area contributed by atoms with E-state index in [0.29, 0.717) is 36.7 Å². The molecule has 1 N–H and O–H groups in total. The second-order valence-corrected chi connectivity index (χ2v) is 13.2. The van der Waals surface area contributed by atoms with Gasteiger partial charge < -0.3 is 5.32 Å². The van der Waals surface area contributed by atoms with E-state index < -0.39 is 46.4 Å². The van der Waals surface area contributed by atoms with Gasteiger partial charge in [-0.3, -0.25) is 9.59 Å². The molecule has 208 valence electrons. The molecule has 8 atom stereocenters. The van der Waals surface area contributed by atoms with Crippen LogP contribution in [0.25, 0.3) is 0 Å². The Morgan fingerprint density at radius 1 is 1.03 bits per heavy atom. The van der Waals surface area contributed by atoms with Gasteiger partial charge in [-0.25, -0.2) is 0 Å². The Hall–Kier alpha value is -1.97. The molecule has 1 aromatic rings. The summed E-state index contributed by atoms with van der Waals surface area (Å²) in [4.78, 5) is 25.6. The number of carbonyl (C=O) groups excluding carboxylic acids is 2. The van der Waals surface area contributed by atoms with Gasteiger partial charge in [-0.1, -0.05) is 44.7 Å². The molecule has 0 radical (unpaired) electrons. The third-order valence-electron chi connectivity index (χ3n) is 10.1. The number of hydrogen-bond acceptors (Lipinski definition) is 3. The Bertz CT molecular complexity index is 1180. The average Bonchev–Trinajstić information content (AvgIpc) is 3.16. The van der Waals surface area contributed by atoms with Gasteiger partial charge >= 0.3 is 12.4 Å². The molecule has 3 fully saturated rings. The first-order chi connectivity index (χ1) is 17.6. The summed E-state index contributed by atoms with van der Waals surface area (Å²) in [5.74, 6) is -0.135. The molecule has 1 heterocycles. The van der Waals surface area contributed by atoms with Crippen molar-refractivity contribution >= 4 is 28.5 Å². The Kier molecular flexibility index (Phi) is 6.56. The Morgan fingerprint density at radius 2 is 1.74 bits per heavy atom. The lowest BCUT2D eigenvalue weighted by atomic mass is 9.47. The average molecular weight is 560 g/mol. The van der Waals surface area contributed by atoms with Gasteiger partial charge in [0.2, 0.25) is 11.0 Å². The highest BCUT2D eigenvalue weighted by atomic mass is 32.2. The van der Waals surface area contributed by atoms with E-state index in [-0.39, 0.29) is 21.7 Å². The highest BCUT2D eigenvalue weighted by molar-refractivity contribution is 8.14. The quantitative estimate of drug-likeness (QED) is 0.374. The van der Waals surface area contributed by atoms with Crippen molar-refractivity contribution in [1.29, 1.82) is 0 Å². The van der Waals surface area contributed by atoms with Gasteiger partial charge in [-0.05, 0) is 79.4 Å². The number of benzene rings is 1. The normalized spacial score (nSPS) is 38.8. The molecule has 0 bridgehead atoms. The van der Waals surface area contributed by atoms with Gasteiger partial charge in [0.15, 0.2) is 0 Å². The Morgan fingerprint density at radius 3 is 2.39 bits per heavy atom. The van der Waals surface area contributed by atoms with Crippen LogP contribution in [0.4, 0.5) is 32.0 Å². The first kappa shape index (κ1) is 27.6. The predicted molar refractivity (Wildman–Crippen MR) is 133 cm³/mol. The SMILES string of the molecule is CC1CC2SC(=O)C=C[C@]2(C)[C@@H]2CC[C@]3(C)C(C(=O)Nc4cccc(C(F)(F)F)c4C(F)(F)F)CC[C@H]3[C@H]12. The first-order valence-electron chi connectivity index (χ1n) is 13.1. The molecule has 0 saturated heterocycles. The molecule has 1 aliphatic heterocycles. The molecule has 0 aromatic heterocycles. The third kappa shape index (κ3) is 4.29. The summed E-state index contributed by atoms with van der Waals surface area (Å²) in [6, 6.07) is 2.16. The fraction of sp³-hybridized carbons (Fsp3) is 0.643. The highest BCUT2D eigenvalue weighted by Gasteiger charge is 2.62. The molecule has 3 unspecified atom stereocenters. The fourth-order valence-electron chi connectivity index (χ4n) is 8.38. The lowest BCUT2D eigenvalue weighted by Crippen LogP contribution is -2.56. The van der Waals surface area contributed by atoms with E-state index in [2.05, 4.69) is 25.2 Å². The summed E-state index contributed by atoms with van der Waals surface area (Å²) in [5.41, 5.74) is -5.13. The van der Waals surface area contributed by atoms with Crippen LogP contribution in [-0.2, 0) is 21.9 Å². The van der Waals surface area contributed by atoms with Crippen molar-refractivity contribution in [3.05, 3.63) is 41.5 Å². The number of rotatable bonds is 2. The number of allylic oxidation sites excluding steroid dienone is 1. The Balaban J connectivity index is 1.43. The molecular weight excluding hydrogens is 528 g/mol. The van der Waals surface area contributed by atoms with Crippen LogP contribution in [-0.4, -0.2) is 16.3 Å². The number of amides is 1. The predicted octanol–water partition coefficient (Wildman–Crippen LogP) is 7.97. The molecule has 4 aliphatic rings. The molecular formula is C28H31F6NO2S. The van der Waals surface area contributed by atoms with Crippen molar-refractivity contribution in [3.8, 4) is 0 Å². The minimum Gasteiger partial charge on any atom is -0.325 e. The van der Waals surface area contributed by atoms with Crippen molar-refractivity contribution in [2.24, 2.45) is 40.4 Å². The summed E-state index contributed by atoms with van der Waals surface area (Å²) in [7, 11) is 0. The van der Waals surface area contributed by atoms with Crippen molar-refractivity contribution < 1.29 is 35.9 Å². The van der Waals surface area contributed by atoms with Crippen molar-refractivity contribution in [3.63, 3.8) is 0 Å². The van der Waals surface area contributed by atoms with Gasteiger partial charge in [-0.15, -0.1) is 0 Å². The van der Waals surface area contributed by atoms with Gasteiger partial charge in [0, 0.05) is 16.6 Å². The largest absolute Gasteiger partial charge is 0.419 e. The maximum Gasteiger partial charge on any atom is 0.419 e. The number of hydrogen-bond donors (Lipinski definition) is 1. The number of halogens is 6. The monoisotopic (exact) mass is 559 g/mol. The van der Waals surface area contributed by atoms with Crippen molar-refractivity contribution in [2.75, 3.05) is 5.32 Å². The van der Waals surface area contributed by atoms with E-state index in [1.54, 1.807) is 6.08 Å². The van der Waals surface area contributed by atoms with E-state index in [4.69, 9.17) is 0 Å². The number of thioether (sulfide) groups is 1. The molecule has 0 spiro atoms. The molecule has 38 heavy (non-hydrogen) atoms. The van der Waals surface area contributed by atoms with Crippen molar-refractivity contribution in [2.45, 2.75) is 70.5 Å². The number of anilines is 1. The van der Waals surface area contributed by atoms with Crippen LogP contribution < -0.4 is 5.32 Å². The number of alkyl halides is 6. The zero-order valence-corrected chi connectivity index (χ0v) is 22.2. The van der Waals surface area contributed by atoms with Crippen LogP contribution in [0.5, 0.6) is 0 Å². The topological polar surface area (TPSA) is 46.2 Å². The summed E-state index contributed by atoms with van der Waals surface area (Å²) >= 11 is 1.40. The summed E-state index contributed by atoms with van der Waals surface area (Å²) in [5, 5.41) is 2.53. The molecule has 3 nitrogen and oxygen atoms in total. The maximum atomic E-state index is 13.8. The molecule has 5 rings (SSSR count). The summed E-state index contributed by atoms with van der Waals surface area (Å²) < 4.78 is 81.5. The van der Waals surface area contributed by atoms with E-state index in [0.717, 1.165) is 31.4 Å². The first-order valence-corrected chi connectivity index (χ1v) is 13.9. The van der Waals surface area contributed by atoms with Crippen LogP contribution in [0.1, 0.15) is 64.0 Å². The molecule has 3 saturated carbocycles. The molecule has 3 aliphatic carbocycles. The van der Waals surface area contributed by atoms with Crippen LogP contribution in [0, 0.1) is 40.4 Å². The van der Waals surface area contributed by atoms with Crippen molar-refractivity contribution in [1.82, 2.24) is 0 Å². The zero-order chi connectivity index (χ0) is 27.8. The highest BCUT2D eigenvalue weighted by Crippen LogP contribution is 2.67. The third-order valence-corrected chi connectivity index (χ3v) is 11.5. The maximum absolute atomic E-state index is 13.8. The van der Waals surface area contributed by atoms with E-state index in [9.17, 15) is 35.9 Å². The van der Waals surface area contributed by atoms with Gasteiger partial charge in [0.25, 0.3) is 0 Å². The summed E-state index contributed by atoms with van der Waals surface area (Å²) in [6.45, 7) is 6.43. The van der Waals surface area contributed by atoms with Gasteiger partial charge in [0.1, 0.15) is 0 Å². The second-order valence-electron chi connectivity index (χ2n) is 12.0. The number of fused-ring (bicyclic) bond motifs is 5. The smallest absolute Gasteiger partial charge is 0.325 e. The minimum absolute atomic E-state index is 0.0733. The molecule has 10 heteroatoms. The molecule has 1 amide bonds.